The largest absolute Gasteiger partial charge is 0.493 e. The van der Waals surface area contributed by atoms with E-state index in [0.29, 0.717) is 59.3 Å². The van der Waals surface area contributed by atoms with Gasteiger partial charge in [-0.1, -0.05) is 23.7 Å². The predicted octanol–water partition coefficient (Wildman–Crippen LogP) is 3.40. The van der Waals surface area contributed by atoms with Crippen molar-refractivity contribution in [3.05, 3.63) is 52.5 Å². The summed E-state index contributed by atoms with van der Waals surface area (Å²) in [5.41, 5.74) is 0.915. The Balaban J connectivity index is 1.63. The van der Waals surface area contributed by atoms with Gasteiger partial charge in [-0.3, -0.25) is 9.59 Å². The van der Waals surface area contributed by atoms with Crippen LogP contribution in [-0.4, -0.2) is 57.2 Å². The molecule has 160 valence electrons. The van der Waals surface area contributed by atoms with Crippen LogP contribution in [0, 0.1) is 0 Å². The lowest BCUT2D eigenvalue weighted by Gasteiger charge is -2.32. The third kappa shape index (κ3) is 4.62. The second kappa shape index (κ2) is 9.71. The van der Waals surface area contributed by atoms with E-state index in [1.165, 1.54) is 21.3 Å². The lowest BCUT2D eigenvalue weighted by atomic mass is 10.0. The maximum Gasteiger partial charge on any atom is 0.255 e. The number of methoxy groups -OCH3 is 3. The highest BCUT2D eigenvalue weighted by atomic mass is 35.5. The van der Waals surface area contributed by atoms with Crippen molar-refractivity contribution in [1.82, 2.24) is 10.2 Å². The average Bonchev–Trinajstić information content (AvgIpc) is 2.78. The molecule has 0 radical (unpaired) electrons. The van der Waals surface area contributed by atoms with Gasteiger partial charge in [-0.05, 0) is 37.1 Å². The second-order valence-corrected chi connectivity index (χ2v) is 7.34. The molecule has 30 heavy (non-hydrogen) atoms. The van der Waals surface area contributed by atoms with E-state index >= 15 is 0 Å². The van der Waals surface area contributed by atoms with Crippen molar-refractivity contribution in [1.29, 1.82) is 0 Å². The van der Waals surface area contributed by atoms with Crippen LogP contribution in [0.5, 0.6) is 17.2 Å². The number of ether oxygens (including phenoxy) is 3. The van der Waals surface area contributed by atoms with Gasteiger partial charge < -0.3 is 24.4 Å². The Bertz CT molecular complexity index is 900. The topological polar surface area (TPSA) is 77.1 Å². The first-order valence-electron chi connectivity index (χ1n) is 9.63. The van der Waals surface area contributed by atoms with E-state index in [4.69, 9.17) is 25.8 Å². The number of carbonyl (C=O) groups is 2. The summed E-state index contributed by atoms with van der Waals surface area (Å²) in [6, 6.07) is 10.2. The summed E-state index contributed by atoms with van der Waals surface area (Å²) in [6.07, 6.45) is 1.32. The lowest BCUT2D eigenvalue weighted by molar-refractivity contribution is 0.0698. The van der Waals surface area contributed by atoms with E-state index in [1.54, 1.807) is 41.3 Å². The number of amides is 2. The third-order valence-corrected chi connectivity index (χ3v) is 5.48. The van der Waals surface area contributed by atoms with Crippen LogP contribution in [0.2, 0.25) is 5.02 Å². The summed E-state index contributed by atoms with van der Waals surface area (Å²) >= 11 is 6.14. The van der Waals surface area contributed by atoms with Gasteiger partial charge in [-0.25, -0.2) is 0 Å². The molecule has 0 saturated carbocycles. The summed E-state index contributed by atoms with van der Waals surface area (Å²) in [5, 5.41) is 3.48. The van der Waals surface area contributed by atoms with Crippen molar-refractivity contribution in [2.45, 2.75) is 18.9 Å². The van der Waals surface area contributed by atoms with Gasteiger partial charge in [0.2, 0.25) is 5.75 Å². The van der Waals surface area contributed by atoms with E-state index in [1.807, 2.05) is 0 Å². The molecule has 2 aromatic rings. The fourth-order valence-corrected chi connectivity index (χ4v) is 3.73. The molecule has 7 nitrogen and oxygen atoms in total. The van der Waals surface area contributed by atoms with Crippen molar-refractivity contribution in [2.75, 3.05) is 34.4 Å². The normalized spacial score (nSPS) is 14.2. The lowest BCUT2D eigenvalue weighted by Crippen LogP contribution is -2.46. The molecule has 8 heteroatoms. The van der Waals surface area contributed by atoms with Gasteiger partial charge in [0.05, 0.1) is 31.9 Å². The molecule has 1 aliphatic heterocycles. The Labute approximate surface area is 180 Å². The van der Waals surface area contributed by atoms with Gasteiger partial charge in [0.15, 0.2) is 11.5 Å². The highest BCUT2D eigenvalue weighted by molar-refractivity contribution is 6.33. The van der Waals surface area contributed by atoms with Gasteiger partial charge in [-0.15, -0.1) is 0 Å². The van der Waals surface area contributed by atoms with E-state index in [-0.39, 0.29) is 17.9 Å². The monoisotopic (exact) mass is 432 g/mol. The van der Waals surface area contributed by atoms with Crippen LogP contribution in [-0.2, 0) is 0 Å². The fraction of sp³-hybridized carbons (Fsp3) is 0.364. The Morgan fingerprint density at radius 1 is 1.00 bits per heavy atom. The SMILES string of the molecule is COc1cc(C(=O)NC2CCN(C(=O)c3ccccc3Cl)CC2)cc(OC)c1OC. The van der Waals surface area contributed by atoms with Crippen molar-refractivity contribution < 1.29 is 23.8 Å². The molecular weight excluding hydrogens is 408 g/mol. The van der Waals surface area contributed by atoms with Gasteiger partial charge in [0, 0.05) is 24.7 Å². The molecule has 1 aliphatic rings. The van der Waals surface area contributed by atoms with Crippen LogP contribution in [0.4, 0.5) is 0 Å². The minimum absolute atomic E-state index is 0.0353. The van der Waals surface area contributed by atoms with Crippen molar-refractivity contribution >= 4 is 23.4 Å². The van der Waals surface area contributed by atoms with E-state index < -0.39 is 0 Å². The predicted molar refractivity (Wildman–Crippen MR) is 114 cm³/mol. The van der Waals surface area contributed by atoms with Crippen LogP contribution in [0.1, 0.15) is 33.6 Å². The molecule has 0 atom stereocenters. The standard InChI is InChI=1S/C22H25ClN2O5/c1-28-18-12-14(13-19(29-2)20(18)30-3)21(26)24-15-8-10-25(11-9-15)22(27)16-6-4-5-7-17(16)23/h4-7,12-13,15H,8-11H2,1-3H3,(H,24,26). The molecule has 1 N–H and O–H groups in total. The van der Waals surface area contributed by atoms with E-state index in [0.717, 1.165) is 0 Å². The summed E-state index contributed by atoms with van der Waals surface area (Å²) in [5.74, 6) is 0.951. The maximum atomic E-state index is 12.8. The first-order chi connectivity index (χ1) is 14.5. The first kappa shape index (κ1) is 21.8. The average molecular weight is 433 g/mol. The Hall–Kier alpha value is -2.93. The molecule has 0 spiro atoms. The van der Waals surface area contributed by atoms with Crippen LogP contribution in [0.15, 0.2) is 36.4 Å². The highest BCUT2D eigenvalue weighted by Gasteiger charge is 2.26. The van der Waals surface area contributed by atoms with Crippen molar-refractivity contribution in [3.63, 3.8) is 0 Å². The third-order valence-electron chi connectivity index (χ3n) is 5.15. The zero-order chi connectivity index (χ0) is 21.7. The Kier molecular flexibility index (Phi) is 7.05. The number of halogens is 1. The van der Waals surface area contributed by atoms with Gasteiger partial charge in [0.1, 0.15) is 0 Å². The number of carbonyl (C=O) groups excluding carboxylic acids is 2. The smallest absolute Gasteiger partial charge is 0.255 e. The summed E-state index contributed by atoms with van der Waals surface area (Å²) < 4.78 is 15.9. The summed E-state index contributed by atoms with van der Waals surface area (Å²) in [6.45, 7) is 1.09. The van der Waals surface area contributed by atoms with E-state index in [2.05, 4.69) is 5.32 Å². The van der Waals surface area contributed by atoms with Crippen molar-refractivity contribution in [3.8, 4) is 17.2 Å². The molecule has 0 unspecified atom stereocenters. The van der Waals surface area contributed by atoms with Gasteiger partial charge in [-0.2, -0.15) is 0 Å². The number of piperidine rings is 1. The molecule has 2 aromatic carbocycles. The number of hydrogen-bond acceptors (Lipinski definition) is 5. The summed E-state index contributed by atoms with van der Waals surface area (Å²) in [4.78, 5) is 27.2. The van der Waals surface area contributed by atoms with Crippen molar-refractivity contribution in [2.24, 2.45) is 0 Å². The number of rotatable bonds is 6. The second-order valence-electron chi connectivity index (χ2n) is 6.93. The van der Waals surface area contributed by atoms with Crippen LogP contribution >= 0.6 is 11.6 Å². The number of nitrogens with one attached hydrogen (secondary N) is 1. The molecule has 1 saturated heterocycles. The molecule has 1 heterocycles. The van der Waals surface area contributed by atoms with Crippen LogP contribution < -0.4 is 19.5 Å². The molecule has 1 fully saturated rings. The molecule has 0 bridgehead atoms. The summed E-state index contributed by atoms with van der Waals surface area (Å²) in [7, 11) is 4.52. The molecule has 0 aliphatic carbocycles. The minimum atomic E-state index is -0.231. The minimum Gasteiger partial charge on any atom is -0.493 e. The number of nitrogens with zero attached hydrogens (tertiary/aromatic N) is 1. The quantitative estimate of drug-likeness (QED) is 0.757. The maximum absolute atomic E-state index is 12.8. The number of hydrogen-bond donors (Lipinski definition) is 1. The van der Waals surface area contributed by atoms with Gasteiger partial charge in [0.25, 0.3) is 11.8 Å². The molecular formula is C22H25ClN2O5. The fourth-order valence-electron chi connectivity index (χ4n) is 3.51. The zero-order valence-electron chi connectivity index (χ0n) is 17.2. The zero-order valence-corrected chi connectivity index (χ0v) is 18.0. The van der Waals surface area contributed by atoms with Crippen LogP contribution in [0.3, 0.4) is 0 Å². The highest BCUT2D eigenvalue weighted by Crippen LogP contribution is 2.38. The van der Waals surface area contributed by atoms with Gasteiger partial charge >= 0.3 is 0 Å². The van der Waals surface area contributed by atoms with E-state index in [9.17, 15) is 9.59 Å². The number of likely N-dealkylation sites (tertiary alicyclic amines) is 1. The Morgan fingerprint density at radius 3 is 2.13 bits per heavy atom. The molecule has 2 amide bonds. The number of benzene rings is 2. The molecule has 3 rings (SSSR count). The molecule has 0 aromatic heterocycles. The van der Waals surface area contributed by atoms with Crippen LogP contribution in [0.25, 0.3) is 0 Å². The first-order valence-corrected chi connectivity index (χ1v) is 10.0. The Morgan fingerprint density at radius 2 is 1.60 bits per heavy atom.